The third kappa shape index (κ3) is 3.19. The number of benzene rings is 2. The zero-order valence-electron chi connectivity index (χ0n) is 15.5. The Bertz CT molecular complexity index is 1150. The van der Waals surface area contributed by atoms with Gasteiger partial charge < -0.3 is 5.32 Å². The number of anilines is 1. The largest absolute Gasteiger partial charge is 0.306 e. The summed E-state index contributed by atoms with van der Waals surface area (Å²) in [6, 6.07) is 19.1. The van der Waals surface area contributed by atoms with E-state index in [1.165, 1.54) is 0 Å². The van der Waals surface area contributed by atoms with Crippen LogP contribution in [0.25, 0.3) is 16.7 Å². The number of nitrogens with zero attached hydrogens (tertiary/aromatic N) is 3. The molecule has 0 saturated heterocycles. The van der Waals surface area contributed by atoms with E-state index >= 15 is 0 Å². The molecule has 0 saturated carbocycles. The normalized spacial score (nSPS) is 10.9. The smallest absolute Gasteiger partial charge is 0.256 e. The van der Waals surface area contributed by atoms with Crippen LogP contribution in [0, 0.1) is 20.8 Å². The molecule has 134 valence electrons. The molecule has 5 nitrogen and oxygen atoms in total. The van der Waals surface area contributed by atoms with Gasteiger partial charge in [-0.25, -0.2) is 4.98 Å². The van der Waals surface area contributed by atoms with Crippen LogP contribution in [0.15, 0.2) is 60.7 Å². The first-order valence-corrected chi connectivity index (χ1v) is 8.83. The molecule has 0 radical (unpaired) electrons. The molecule has 27 heavy (non-hydrogen) atoms. The van der Waals surface area contributed by atoms with Gasteiger partial charge in [0.05, 0.1) is 11.2 Å². The Balaban J connectivity index is 1.78. The number of carbonyl (C=O) groups is 1. The summed E-state index contributed by atoms with van der Waals surface area (Å²) < 4.78 is 1.69. The van der Waals surface area contributed by atoms with Crippen molar-refractivity contribution in [2.75, 3.05) is 5.32 Å². The summed E-state index contributed by atoms with van der Waals surface area (Å²) in [5.41, 5.74) is 4.58. The van der Waals surface area contributed by atoms with Crippen LogP contribution in [0.5, 0.6) is 0 Å². The summed E-state index contributed by atoms with van der Waals surface area (Å²) in [6.45, 7) is 6.00. The number of hydrogen-bond acceptors (Lipinski definition) is 3. The standard InChI is InChI=1S/C22H20N4O/c1-14-8-7-11-18-15(2)12-19(23-21(14)18)26-20(13-16(3)25-26)24-22(27)17-9-5-4-6-10-17/h4-13H,1-3H3,(H,24,27). The molecule has 0 aliphatic carbocycles. The lowest BCUT2D eigenvalue weighted by Crippen LogP contribution is -2.15. The van der Waals surface area contributed by atoms with Gasteiger partial charge in [0.15, 0.2) is 5.82 Å². The molecule has 2 aromatic carbocycles. The minimum atomic E-state index is -0.176. The van der Waals surface area contributed by atoms with E-state index < -0.39 is 0 Å². The maximum atomic E-state index is 12.6. The van der Waals surface area contributed by atoms with E-state index in [1.54, 1.807) is 16.8 Å². The molecule has 0 spiro atoms. The number of amides is 1. The zero-order valence-corrected chi connectivity index (χ0v) is 15.5. The molecule has 4 rings (SSSR count). The van der Waals surface area contributed by atoms with Crippen molar-refractivity contribution in [2.24, 2.45) is 0 Å². The van der Waals surface area contributed by atoms with Crippen LogP contribution in [0.4, 0.5) is 5.82 Å². The molecule has 0 unspecified atom stereocenters. The maximum absolute atomic E-state index is 12.6. The second-order valence-corrected chi connectivity index (χ2v) is 6.67. The minimum Gasteiger partial charge on any atom is -0.306 e. The first kappa shape index (κ1) is 17.0. The fourth-order valence-electron chi connectivity index (χ4n) is 3.19. The highest BCUT2D eigenvalue weighted by Crippen LogP contribution is 2.24. The van der Waals surface area contributed by atoms with Gasteiger partial charge in [-0.05, 0) is 50.1 Å². The van der Waals surface area contributed by atoms with E-state index in [1.807, 2.05) is 56.3 Å². The second kappa shape index (κ2) is 6.68. The van der Waals surface area contributed by atoms with E-state index in [4.69, 9.17) is 4.98 Å². The SMILES string of the molecule is Cc1cc(NC(=O)c2ccccc2)n(-c2cc(C)c3cccc(C)c3n2)n1. The highest BCUT2D eigenvalue weighted by molar-refractivity contribution is 6.04. The number of aryl methyl sites for hydroxylation is 3. The summed E-state index contributed by atoms with van der Waals surface area (Å²) in [5, 5.41) is 8.62. The van der Waals surface area contributed by atoms with Crippen LogP contribution in [0.2, 0.25) is 0 Å². The molecule has 0 atom stereocenters. The Kier molecular flexibility index (Phi) is 4.20. The van der Waals surface area contributed by atoms with Crippen molar-refractivity contribution in [3.05, 3.63) is 83.0 Å². The molecule has 4 aromatic rings. The molecule has 1 amide bonds. The molecule has 5 heteroatoms. The van der Waals surface area contributed by atoms with Crippen molar-refractivity contribution in [1.29, 1.82) is 0 Å². The molecule has 0 aliphatic heterocycles. The van der Waals surface area contributed by atoms with E-state index in [2.05, 4.69) is 23.4 Å². The molecular formula is C22H20N4O. The van der Waals surface area contributed by atoms with Crippen LogP contribution >= 0.6 is 0 Å². The molecular weight excluding hydrogens is 336 g/mol. The quantitative estimate of drug-likeness (QED) is 0.584. The van der Waals surface area contributed by atoms with Crippen LogP contribution in [-0.2, 0) is 0 Å². The lowest BCUT2D eigenvalue weighted by atomic mass is 10.1. The second-order valence-electron chi connectivity index (χ2n) is 6.67. The number of rotatable bonds is 3. The lowest BCUT2D eigenvalue weighted by Gasteiger charge is -2.11. The van der Waals surface area contributed by atoms with E-state index in [0.717, 1.165) is 27.7 Å². The molecule has 2 heterocycles. The number of carbonyl (C=O) groups excluding carboxylic acids is 1. The fraction of sp³-hybridized carbons (Fsp3) is 0.136. The maximum Gasteiger partial charge on any atom is 0.256 e. The molecule has 2 aromatic heterocycles. The predicted octanol–water partition coefficient (Wildman–Crippen LogP) is 4.60. The fourth-order valence-corrected chi connectivity index (χ4v) is 3.19. The molecule has 0 bridgehead atoms. The third-order valence-corrected chi connectivity index (χ3v) is 4.56. The van der Waals surface area contributed by atoms with Gasteiger partial charge in [-0.3, -0.25) is 4.79 Å². The van der Waals surface area contributed by atoms with Gasteiger partial charge in [0.2, 0.25) is 0 Å². The summed E-state index contributed by atoms with van der Waals surface area (Å²) >= 11 is 0. The van der Waals surface area contributed by atoms with Crippen molar-refractivity contribution in [1.82, 2.24) is 14.8 Å². The van der Waals surface area contributed by atoms with Gasteiger partial charge in [-0.15, -0.1) is 0 Å². The summed E-state index contributed by atoms with van der Waals surface area (Å²) in [5.74, 6) is 1.11. The van der Waals surface area contributed by atoms with Crippen LogP contribution in [-0.4, -0.2) is 20.7 Å². The van der Waals surface area contributed by atoms with Gasteiger partial charge in [0.25, 0.3) is 5.91 Å². The van der Waals surface area contributed by atoms with Crippen LogP contribution in [0.1, 0.15) is 27.2 Å². The van der Waals surface area contributed by atoms with Gasteiger partial charge in [0, 0.05) is 17.0 Å². The number of hydrogen-bond donors (Lipinski definition) is 1. The topological polar surface area (TPSA) is 59.8 Å². The Labute approximate surface area is 157 Å². The molecule has 1 N–H and O–H groups in total. The van der Waals surface area contributed by atoms with Crippen molar-refractivity contribution in [3.8, 4) is 5.82 Å². The predicted molar refractivity (Wildman–Crippen MR) is 107 cm³/mol. The minimum absolute atomic E-state index is 0.176. The van der Waals surface area contributed by atoms with Gasteiger partial charge >= 0.3 is 0 Å². The van der Waals surface area contributed by atoms with E-state index in [9.17, 15) is 4.79 Å². The summed E-state index contributed by atoms with van der Waals surface area (Å²) in [7, 11) is 0. The number of fused-ring (bicyclic) bond motifs is 1. The average Bonchev–Trinajstić information content (AvgIpc) is 3.03. The highest BCUT2D eigenvalue weighted by atomic mass is 16.1. The first-order valence-electron chi connectivity index (χ1n) is 8.83. The van der Waals surface area contributed by atoms with E-state index in [0.29, 0.717) is 17.2 Å². The average molecular weight is 356 g/mol. The Morgan fingerprint density at radius 1 is 0.926 bits per heavy atom. The molecule has 0 aliphatic rings. The van der Waals surface area contributed by atoms with Gasteiger partial charge in [0.1, 0.15) is 5.82 Å². The lowest BCUT2D eigenvalue weighted by molar-refractivity contribution is 0.102. The monoisotopic (exact) mass is 356 g/mol. The van der Waals surface area contributed by atoms with E-state index in [-0.39, 0.29) is 5.91 Å². The Morgan fingerprint density at radius 2 is 1.70 bits per heavy atom. The van der Waals surface area contributed by atoms with Crippen LogP contribution < -0.4 is 5.32 Å². The molecule has 0 fully saturated rings. The van der Waals surface area contributed by atoms with Crippen molar-refractivity contribution < 1.29 is 4.79 Å². The number of aromatic nitrogens is 3. The summed E-state index contributed by atoms with van der Waals surface area (Å²) in [6.07, 6.45) is 0. The Morgan fingerprint density at radius 3 is 2.48 bits per heavy atom. The highest BCUT2D eigenvalue weighted by Gasteiger charge is 2.14. The number of nitrogens with one attached hydrogen (secondary N) is 1. The zero-order chi connectivity index (χ0) is 19.0. The first-order chi connectivity index (χ1) is 13.0. The number of pyridine rings is 1. The summed E-state index contributed by atoms with van der Waals surface area (Å²) in [4.78, 5) is 17.4. The van der Waals surface area contributed by atoms with Gasteiger partial charge in [-0.2, -0.15) is 9.78 Å². The Hall–Kier alpha value is -3.47. The third-order valence-electron chi connectivity index (χ3n) is 4.56. The van der Waals surface area contributed by atoms with Gasteiger partial charge in [-0.1, -0.05) is 36.4 Å². The van der Waals surface area contributed by atoms with Crippen LogP contribution in [0.3, 0.4) is 0 Å². The van der Waals surface area contributed by atoms with Crippen molar-refractivity contribution >= 4 is 22.6 Å². The van der Waals surface area contributed by atoms with Crippen molar-refractivity contribution in [2.45, 2.75) is 20.8 Å². The number of para-hydroxylation sites is 1. The van der Waals surface area contributed by atoms with Crippen molar-refractivity contribution in [3.63, 3.8) is 0 Å².